The maximum Gasteiger partial charge on any atom is 0.0597 e. The lowest BCUT2D eigenvalue weighted by atomic mass is 9.89. The molecular weight excluding hydrogens is 248 g/mol. The van der Waals surface area contributed by atoms with E-state index in [1.807, 2.05) is 0 Å². The van der Waals surface area contributed by atoms with Crippen molar-refractivity contribution in [3.63, 3.8) is 0 Å². The second-order valence-corrected chi connectivity index (χ2v) is 7.50. The van der Waals surface area contributed by atoms with Gasteiger partial charge in [0.15, 0.2) is 0 Å². The van der Waals surface area contributed by atoms with Crippen molar-refractivity contribution in [1.82, 2.24) is 10.2 Å². The van der Waals surface area contributed by atoms with Crippen LogP contribution in [0.1, 0.15) is 59.8 Å². The van der Waals surface area contributed by atoms with Crippen LogP contribution < -0.4 is 5.32 Å². The molecule has 2 fully saturated rings. The van der Waals surface area contributed by atoms with E-state index in [1.54, 1.807) is 0 Å². The van der Waals surface area contributed by atoms with Gasteiger partial charge in [0.25, 0.3) is 0 Å². The van der Waals surface area contributed by atoms with Gasteiger partial charge < -0.3 is 10.1 Å². The van der Waals surface area contributed by atoms with Crippen LogP contribution in [-0.2, 0) is 4.74 Å². The molecule has 1 spiro atoms. The monoisotopic (exact) mass is 282 g/mol. The van der Waals surface area contributed by atoms with Gasteiger partial charge in [-0.15, -0.1) is 0 Å². The summed E-state index contributed by atoms with van der Waals surface area (Å²) in [5.74, 6) is 0.777. The fraction of sp³-hybridized carbons (Fsp3) is 1.00. The number of hydrogen-bond acceptors (Lipinski definition) is 3. The van der Waals surface area contributed by atoms with Gasteiger partial charge in [-0.25, -0.2) is 0 Å². The number of ether oxygens (including phenoxy) is 1. The molecule has 2 aliphatic rings. The molecule has 0 radical (unpaired) electrons. The minimum atomic E-state index is 0.351. The first-order chi connectivity index (χ1) is 9.52. The van der Waals surface area contributed by atoms with Gasteiger partial charge in [-0.3, -0.25) is 4.90 Å². The summed E-state index contributed by atoms with van der Waals surface area (Å²) >= 11 is 0. The molecule has 3 heteroatoms. The summed E-state index contributed by atoms with van der Waals surface area (Å²) in [7, 11) is 0. The highest BCUT2D eigenvalue weighted by Crippen LogP contribution is 2.37. The van der Waals surface area contributed by atoms with Crippen LogP contribution in [0.5, 0.6) is 0 Å². The highest BCUT2D eigenvalue weighted by Gasteiger charge is 2.43. The molecule has 1 heterocycles. The summed E-state index contributed by atoms with van der Waals surface area (Å²) in [6, 6.07) is 0.667. The number of piperazine rings is 1. The Balaban J connectivity index is 1.92. The molecule has 2 rings (SSSR count). The van der Waals surface area contributed by atoms with Crippen LogP contribution in [0.2, 0.25) is 0 Å². The van der Waals surface area contributed by atoms with E-state index < -0.39 is 0 Å². The Morgan fingerprint density at radius 3 is 2.50 bits per heavy atom. The summed E-state index contributed by atoms with van der Waals surface area (Å²) in [4.78, 5) is 2.76. The first kappa shape index (κ1) is 16.3. The minimum Gasteiger partial charge on any atom is -0.377 e. The molecule has 0 aromatic heterocycles. The van der Waals surface area contributed by atoms with Crippen molar-refractivity contribution in [1.29, 1.82) is 0 Å². The van der Waals surface area contributed by atoms with Crippen LogP contribution in [0.25, 0.3) is 0 Å². The van der Waals surface area contributed by atoms with Crippen molar-refractivity contribution < 1.29 is 4.74 Å². The van der Waals surface area contributed by atoms with Crippen LogP contribution in [-0.4, -0.2) is 48.8 Å². The van der Waals surface area contributed by atoms with Gasteiger partial charge in [0.2, 0.25) is 0 Å². The Kier molecular flexibility index (Phi) is 5.88. The van der Waals surface area contributed by atoms with Crippen LogP contribution in [0, 0.1) is 5.92 Å². The first-order valence-corrected chi connectivity index (χ1v) is 8.62. The molecule has 1 aliphatic carbocycles. The third-order valence-electron chi connectivity index (χ3n) is 4.93. The summed E-state index contributed by atoms with van der Waals surface area (Å²) in [5.41, 5.74) is 0.438. The molecule has 1 aliphatic heterocycles. The molecule has 1 saturated carbocycles. The average Bonchev–Trinajstić information content (AvgIpc) is 2.82. The normalized spacial score (nSPS) is 27.0. The largest absolute Gasteiger partial charge is 0.377 e. The lowest BCUT2D eigenvalue weighted by Gasteiger charge is -2.48. The van der Waals surface area contributed by atoms with Gasteiger partial charge in [0.1, 0.15) is 0 Å². The zero-order chi connectivity index (χ0) is 14.6. The quantitative estimate of drug-likeness (QED) is 0.810. The van der Waals surface area contributed by atoms with Crippen molar-refractivity contribution in [2.24, 2.45) is 5.92 Å². The lowest BCUT2D eigenvalue weighted by Crippen LogP contribution is -2.64. The Morgan fingerprint density at radius 2 is 1.90 bits per heavy atom. The minimum absolute atomic E-state index is 0.351. The average molecular weight is 282 g/mol. The van der Waals surface area contributed by atoms with Crippen LogP contribution in [0.15, 0.2) is 0 Å². The highest BCUT2D eigenvalue weighted by molar-refractivity contribution is 5.01. The number of hydrogen-bond donors (Lipinski definition) is 1. The van der Waals surface area contributed by atoms with Gasteiger partial charge in [0, 0.05) is 31.2 Å². The van der Waals surface area contributed by atoms with Gasteiger partial charge in [-0.1, -0.05) is 26.7 Å². The molecule has 1 unspecified atom stereocenters. The van der Waals surface area contributed by atoms with Crippen LogP contribution in [0.4, 0.5) is 0 Å². The van der Waals surface area contributed by atoms with Gasteiger partial charge in [0.05, 0.1) is 12.7 Å². The SMILES string of the molecule is CC(C)CC1CN(CCOC(C)C)C2(CCCC2)CN1. The number of nitrogens with zero attached hydrogens (tertiary/aromatic N) is 1. The van der Waals surface area contributed by atoms with E-state index in [4.69, 9.17) is 4.74 Å². The molecule has 20 heavy (non-hydrogen) atoms. The van der Waals surface area contributed by atoms with Crippen molar-refractivity contribution in [2.45, 2.75) is 77.5 Å². The number of rotatable bonds is 6. The van der Waals surface area contributed by atoms with E-state index in [2.05, 4.69) is 37.9 Å². The van der Waals surface area contributed by atoms with Crippen molar-refractivity contribution in [3.8, 4) is 0 Å². The Bertz CT molecular complexity index is 285. The van der Waals surface area contributed by atoms with Gasteiger partial charge in [-0.2, -0.15) is 0 Å². The second kappa shape index (κ2) is 7.24. The fourth-order valence-corrected chi connectivity index (χ4v) is 3.95. The molecule has 0 amide bonds. The maximum absolute atomic E-state index is 5.80. The van der Waals surface area contributed by atoms with Gasteiger partial charge in [-0.05, 0) is 39.0 Å². The van der Waals surface area contributed by atoms with Crippen LogP contribution >= 0.6 is 0 Å². The molecular formula is C17H34N2O. The van der Waals surface area contributed by atoms with E-state index in [0.717, 1.165) is 19.1 Å². The summed E-state index contributed by atoms with van der Waals surface area (Å²) in [6.45, 7) is 13.3. The smallest absolute Gasteiger partial charge is 0.0597 e. The zero-order valence-corrected chi connectivity index (χ0v) is 14.0. The topological polar surface area (TPSA) is 24.5 Å². The van der Waals surface area contributed by atoms with E-state index >= 15 is 0 Å². The molecule has 1 atom stereocenters. The van der Waals surface area contributed by atoms with Gasteiger partial charge >= 0.3 is 0 Å². The first-order valence-electron chi connectivity index (χ1n) is 8.62. The molecule has 0 aromatic carbocycles. The second-order valence-electron chi connectivity index (χ2n) is 7.50. The molecule has 0 bridgehead atoms. The predicted octanol–water partition coefficient (Wildman–Crippen LogP) is 3.04. The molecule has 3 nitrogen and oxygen atoms in total. The Morgan fingerprint density at radius 1 is 1.20 bits per heavy atom. The van der Waals surface area contributed by atoms with Crippen molar-refractivity contribution in [3.05, 3.63) is 0 Å². The Labute approximate surface area is 125 Å². The number of nitrogens with one attached hydrogen (secondary N) is 1. The standard InChI is InChI=1S/C17H34N2O/c1-14(2)11-16-12-19(9-10-20-15(3)4)17(13-18-16)7-5-6-8-17/h14-16,18H,5-13H2,1-4H3. The zero-order valence-electron chi connectivity index (χ0n) is 14.0. The third kappa shape index (κ3) is 4.19. The summed E-state index contributed by atoms with van der Waals surface area (Å²) in [6.07, 6.45) is 7.18. The van der Waals surface area contributed by atoms with Crippen molar-refractivity contribution >= 4 is 0 Å². The molecule has 118 valence electrons. The van der Waals surface area contributed by atoms with Crippen LogP contribution in [0.3, 0.4) is 0 Å². The molecule has 1 N–H and O–H groups in total. The van der Waals surface area contributed by atoms with E-state index in [-0.39, 0.29) is 0 Å². The summed E-state index contributed by atoms with van der Waals surface area (Å²) in [5, 5.41) is 3.83. The van der Waals surface area contributed by atoms with Crippen molar-refractivity contribution in [2.75, 3.05) is 26.2 Å². The maximum atomic E-state index is 5.80. The Hall–Kier alpha value is -0.120. The third-order valence-corrected chi connectivity index (χ3v) is 4.93. The van der Waals surface area contributed by atoms with E-state index in [9.17, 15) is 0 Å². The van der Waals surface area contributed by atoms with E-state index in [0.29, 0.717) is 17.7 Å². The molecule has 1 saturated heterocycles. The molecule has 0 aromatic rings. The fourth-order valence-electron chi connectivity index (χ4n) is 3.95. The lowest BCUT2D eigenvalue weighted by molar-refractivity contribution is -0.00318. The van der Waals surface area contributed by atoms with E-state index in [1.165, 1.54) is 45.2 Å². The summed E-state index contributed by atoms with van der Waals surface area (Å²) < 4.78 is 5.80. The highest BCUT2D eigenvalue weighted by atomic mass is 16.5. The predicted molar refractivity (Wildman–Crippen MR) is 85.1 cm³/mol.